The van der Waals surface area contributed by atoms with E-state index in [0.29, 0.717) is 16.9 Å². The van der Waals surface area contributed by atoms with Gasteiger partial charge >= 0.3 is 0 Å². The third kappa shape index (κ3) is 2.51. The van der Waals surface area contributed by atoms with Crippen molar-refractivity contribution in [1.29, 1.82) is 0 Å². The fraction of sp³-hybridized carbons (Fsp3) is 0.0909. The fourth-order valence-corrected chi connectivity index (χ4v) is 1.51. The second-order valence-corrected chi connectivity index (χ2v) is 4.11. The van der Waals surface area contributed by atoms with Crippen molar-refractivity contribution in [3.8, 4) is 0 Å². The largest absolute Gasteiger partial charge is 0.389 e. The van der Waals surface area contributed by atoms with Gasteiger partial charge in [-0.2, -0.15) is 5.10 Å². The van der Waals surface area contributed by atoms with Crippen molar-refractivity contribution in [3.05, 3.63) is 41.3 Å². The highest BCUT2D eigenvalue weighted by Crippen LogP contribution is 2.12. The van der Waals surface area contributed by atoms with Crippen molar-refractivity contribution in [1.82, 2.24) is 15.2 Å². The zero-order valence-electron chi connectivity index (χ0n) is 9.60. The van der Waals surface area contributed by atoms with Crippen molar-refractivity contribution >= 4 is 28.9 Å². The molecule has 7 heteroatoms. The summed E-state index contributed by atoms with van der Waals surface area (Å²) in [7, 11) is 0. The van der Waals surface area contributed by atoms with Crippen LogP contribution >= 0.6 is 12.2 Å². The molecule has 2 aromatic rings. The second-order valence-electron chi connectivity index (χ2n) is 3.67. The van der Waals surface area contributed by atoms with Crippen LogP contribution in [0.15, 0.2) is 24.5 Å². The molecule has 0 aromatic carbocycles. The van der Waals surface area contributed by atoms with Crippen molar-refractivity contribution in [2.45, 2.75) is 6.92 Å². The quantitative estimate of drug-likeness (QED) is 0.716. The Morgan fingerprint density at radius 1 is 1.44 bits per heavy atom. The summed E-state index contributed by atoms with van der Waals surface area (Å²) < 4.78 is 0. The minimum atomic E-state index is -0.302. The lowest BCUT2D eigenvalue weighted by Crippen LogP contribution is -2.17. The van der Waals surface area contributed by atoms with Gasteiger partial charge in [0, 0.05) is 11.9 Å². The van der Waals surface area contributed by atoms with Crippen LogP contribution in [0.3, 0.4) is 0 Å². The lowest BCUT2D eigenvalue weighted by molar-refractivity contribution is 0.102. The molecule has 0 aliphatic rings. The SMILES string of the molecule is Cc1ccc(C(=O)Nc2[nH]ncc2C(N)=S)cn1. The summed E-state index contributed by atoms with van der Waals surface area (Å²) in [5.41, 5.74) is 7.29. The Hall–Kier alpha value is -2.28. The normalized spacial score (nSPS) is 10.1. The standard InChI is InChI=1S/C11H11N5OS/c1-6-2-3-7(4-13-6)11(17)15-10-8(9(12)18)5-14-16-10/h2-5H,1H3,(H2,12,18)(H2,14,15,16,17). The van der Waals surface area contributed by atoms with Gasteiger partial charge in [0.25, 0.3) is 5.91 Å². The van der Waals surface area contributed by atoms with Crippen molar-refractivity contribution < 1.29 is 4.79 Å². The molecule has 0 saturated heterocycles. The first-order chi connectivity index (χ1) is 8.58. The Balaban J connectivity index is 2.19. The van der Waals surface area contributed by atoms with Crippen LogP contribution < -0.4 is 11.1 Å². The fourth-order valence-electron chi connectivity index (χ4n) is 1.36. The molecule has 1 amide bonds. The highest BCUT2D eigenvalue weighted by atomic mass is 32.1. The third-order valence-corrected chi connectivity index (χ3v) is 2.54. The second kappa shape index (κ2) is 4.92. The van der Waals surface area contributed by atoms with Crippen LogP contribution in [0.4, 0.5) is 5.82 Å². The van der Waals surface area contributed by atoms with E-state index in [1.807, 2.05) is 6.92 Å². The van der Waals surface area contributed by atoms with Crippen LogP contribution in [0.1, 0.15) is 21.6 Å². The number of pyridine rings is 1. The number of aromatic nitrogens is 3. The molecule has 0 bridgehead atoms. The Labute approximate surface area is 109 Å². The number of carbonyl (C=O) groups excluding carboxylic acids is 1. The molecule has 0 radical (unpaired) electrons. The molecule has 4 N–H and O–H groups in total. The van der Waals surface area contributed by atoms with Gasteiger partial charge in [-0.1, -0.05) is 12.2 Å². The van der Waals surface area contributed by atoms with Gasteiger partial charge in [-0.25, -0.2) is 0 Å². The van der Waals surface area contributed by atoms with E-state index in [4.69, 9.17) is 18.0 Å². The zero-order chi connectivity index (χ0) is 13.1. The molecule has 0 atom stereocenters. The highest BCUT2D eigenvalue weighted by molar-refractivity contribution is 7.80. The maximum absolute atomic E-state index is 11.9. The van der Waals surface area contributed by atoms with Crippen LogP contribution in [-0.4, -0.2) is 26.1 Å². The number of carbonyl (C=O) groups is 1. The van der Waals surface area contributed by atoms with E-state index >= 15 is 0 Å². The van der Waals surface area contributed by atoms with E-state index in [9.17, 15) is 4.79 Å². The van der Waals surface area contributed by atoms with E-state index in [1.165, 1.54) is 12.4 Å². The van der Waals surface area contributed by atoms with Crippen LogP contribution in [0.2, 0.25) is 0 Å². The summed E-state index contributed by atoms with van der Waals surface area (Å²) in [5.74, 6) is 0.0809. The van der Waals surface area contributed by atoms with Crippen LogP contribution in [0.5, 0.6) is 0 Å². The van der Waals surface area contributed by atoms with Gasteiger partial charge in [-0.05, 0) is 19.1 Å². The van der Waals surface area contributed by atoms with Gasteiger partial charge in [-0.15, -0.1) is 0 Å². The molecule has 2 heterocycles. The average Bonchev–Trinajstić information content (AvgIpc) is 2.78. The Kier molecular flexibility index (Phi) is 3.33. The number of amides is 1. The lowest BCUT2D eigenvalue weighted by Gasteiger charge is -2.04. The summed E-state index contributed by atoms with van der Waals surface area (Å²) in [6.07, 6.45) is 2.97. The Bertz CT molecular complexity index is 590. The topological polar surface area (TPSA) is 96.7 Å². The molecule has 92 valence electrons. The number of aromatic amines is 1. The molecule has 2 aromatic heterocycles. The van der Waals surface area contributed by atoms with E-state index in [2.05, 4.69) is 20.5 Å². The summed E-state index contributed by atoms with van der Waals surface area (Å²) in [6.45, 7) is 1.85. The third-order valence-electron chi connectivity index (χ3n) is 2.32. The molecular weight excluding hydrogens is 250 g/mol. The number of thiocarbonyl (C=S) groups is 1. The Morgan fingerprint density at radius 2 is 2.22 bits per heavy atom. The highest BCUT2D eigenvalue weighted by Gasteiger charge is 2.12. The number of nitrogens with two attached hydrogens (primary N) is 1. The molecule has 0 aliphatic carbocycles. The van der Waals surface area contributed by atoms with Crippen molar-refractivity contribution in [2.75, 3.05) is 5.32 Å². The first kappa shape index (κ1) is 12.2. The van der Waals surface area contributed by atoms with Crippen LogP contribution in [0, 0.1) is 6.92 Å². The summed E-state index contributed by atoms with van der Waals surface area (Å²) in [6, 6.07) is 3.45. The van der Waals surface area contributed by atoms with Gasteiger partial charge in [0.2, 0.25) is 0 Å². The van der Waals surface area contributed by atoms with Crippen LogP contribution in [0.25, 0.3) is 0 Å². The van der Waals surface area contributed by atoms with Crippen LogP contribution in [-0.2, 0) is 0 Å². The summed E-state index contributed by atoms with van der Waals surface area (Å²) >= 11 is 4.84. The molecular formula is C11H11N5OS. The average molecular weight is 261 g/mol. The van der Waals surface area contributed by atoms with E-state index in [1.54, 1.807) is 12.1 Å². The monoisotopic (exact) mass is 261 g/mol. The molecule has 2 rings (SSSR count). The summed E-state index contributed by atoms with van der Waals surface area (Å²) in [5, 5.41) is 9.05. The van der Waals surface area contributed by atoms with Crippen molar-refractivity contribution in [3.63, 3.8) is 0 Å². The van der Waals surface area contributed by atoms with Gasteiger partial charge in [0.15, 0.2) is 0 Å². The maximum atomic E-state index is 11.9. The molecule has 18 heavy (non-hydrogen) atoms. The maximum Gasteiger partial charge on any atom is 0.258 e. The van der Waals surface area contributed by atoms with E-state index in [-0.39, 0.29) is 10.9 Å². The van der Waals surface area contributed by atoms with E-state index < -0.39 is 0 Å². The first-order valence-electron chi connectivity index (χ1n) is 5.15. The number of H-pyrrole nitrogens is 1. The number of nitrogens with zero attached hydrogens (tertiary/aromatic N) is 2. The molecule has 0 spiro atoms. The van der Waals surface area contributed by atoms with Crippen molar-refractivity contribution in [2.24, 2.45) is 5.73 Å². The van der Waals surface area contributed by atoms with Gasteiger partial charge in [0.05, 0.1) is 17.3 Å². The van der Waals surface area contributed by atoms with E-state index in [0.717, 1.165) is 5.69 Å². The summed E-state index contributed by atoms with van der Waals surface area (Å²) in [4.78, 5) is 16.1. The number of rotatable bonds is 3. The van der Waals surface area contributed by atoms with Gasteiger partial charge < -0.3 is 11.1 Å². The minimum Gasteiger partial charge on any atom is -0.389 e. The molecule has 0 fully saturated rings. The predicted octanol–water partition coefficient (Wildman–Crippen LogP) is 1.000. The first-order valence-corrected chi connectivity index (χ1v) is 5.56. The zero-order valence-corrected chi connectivity index (χ0v) is 10.4. The Morgan fingerprint density at radius 3 is 2.83 bits per heavy atom. The number of hydrogen-bond donors (Lipinski definition) is 3. The molecule has 0 saturated carbocycles. The smallest absolute Gasteiger partial charge is 0.258 e. The number of hydrogen-bond acceptors (Lipinski definition) is 4. The van der Waals surface area contributed by atoms with Gasteiger partial charge in [0.1, 0.15) is 10.8 Å². The molecule has 0 unspecified atom stereocenters. The molecule has 0 aliphatic heterocycles. The van der Waals surface area contributed by atoms with Gasteiger partial charge in [-0.3, -0.25) is 14.9 Å². The predicted molar refractivity (Wildman–Crippen MR) is 71.4 cm³/mol. The minimum absolute atomic E-state index is 0.168. The number of anilines is 1. The number of nitrogens with one attached hydrogen (secondary N) is 2. The number of aryl methyl sites for hydroxylation is 1. The molecule has 6 nitrogen and oxygen atoms in total. The lowest BCUT2D eigenvalue weighted by atomic mass is 10.2.